The molecule has 1 unspecified atom stereocenters. The van der Waals surface area contributed by atoms with Gasteiger partial charge in [0.1, 0.15) is 11.6 Å². The molecule has 0 radical (unpaired) electrons. The van der Waals surface area contributed by atoms with Gasteiger partial charge in [0, 0.05) is 25.1 Å². The van der Waals surface area contributed by atoms with E-state index < -0.39 is 0 Å². The fourth-order valence-corrected chi connectivity index (χ4v) is 4.12. The third-order valence-corrected chi connectivity index (χ3v) is 5.36. The Bertz CT molecular complexity index is 402. The molecular weight excluding hydrogens is 359 g/mol. The summed E-state index contributed by atoms with van der Waals surface area (Å²) in [4.78, 5) is 11.8. The first-order valence-electron chi connectivity index (χ1n) is 6.19. The van der Waals surface area contributed by atoms with Crippen LogP contribution in [-0.2, 0) is 6.42 Å². The molecule has 100 valence electrons. The van der Waals surface area contributed by atoms with Crippen LogP contribution in [0.15, 0.2) is 0 Å². The summed E-state index contributed by atoms with van der Waals surface area (Å²) in [5, 5.41) is 3.18. The van der Waals surface area contributed by atoms with Crippen molar-refractivity contribution in [3.63, 3.8) is 0 Å². The minimum atomic E-state index is 0.346. The molecule has 1 aliphatic rings. The summed E-state index contributed by atoms with van der Waals surface area (Å²) in [5.74, 6) is 4.22. The molecule has 1 aromatic rings. The lowest BCUT2D eigenvalue weighted by atomic mass is 10.2. The van der Waals surface area contributed by atoms with Gasteiger partial charge in [0.15, 0.2) is 0 Å². The highest BCUT2D eigenvalue weighted by Crippen LogP contribution is 2.28. The summed E-state index contributed by atoms with van der Waals surface area (Å²) in [6.07, 6.45) is 0.950. The average molecular weight is 378 g/mol. The Hall–Kier alpha value is -0.0800. The van der Waals surface area contributed by atoms with E-state index in [2.05, 4.69) is 51.8 Å². The lowest BCUT2D eigenvalue weighted by molar-refractivity contribution is 0.264. The van der Waals surface area contributed by atoms with Gasteiger partial charge in [-0.25, -0.2) is 9.97 Å². The van der Waals surface area contributed by atoms with E-state index in [-0.39, 0.29) is 0 Å². The Morgan fingerprint density at radius 2 is 2.28 bits per heavy atom. The van der Waals surface area contributed by atoms with Crippen molar-refractivity contribution in [2.24, 2.45) is 0 Å². The molecule has 1 fully saturated rings. The summed E-state index contributed by atoms with van der Waals surface area (Å²) in [7, 11) is 4.09. The van der Waals surface area contributed by atoms with Crippen molar-refractivity contribution in [3.8, 4) is 0 Å². The van der Waals surface area contributed by atoms with Gasteiger partial charge in [0.2, 0.25) is 0 Å². The van der Waals surface area contributed by atoms with Crippen molar-refractivity contribution in [2.75, 3.05) is 37.5 Å². The summed E-state index contributed by atoms with van der Waals surface area (Å²) in [6.45, 7) is 3.26. The molecule has 0 saturated carbocycles. The number of halogens is 1. The minimum Gasteiger partial charge on any atom is -0.372 e. The molecule has 0 bridgehead atoms. The Labute approximate surface area is 126 Å². The second-order valence-corrected chi connectivity index (χ2v) is 6.59. The molecule has 0 amide bonds. The van der Waals surface area contributed by atoms with Crippen LogP contribution in [0, 0.1) is 3.57 Å². The van der Waals surface area contributed by atoms with Gasteiger partial charge in [0.25, 0.3) is 0 Å². The molecule has 1 atom stereocenters. The number of rotatable bonds is 3. The van der Waals surface area contributed by atoms with E-state index in [4.69, 9.17) is 4.98 Å². The quantitative estimate of drug-likeness (QED) is 0.819. The molecule has 1 aromatic heterocycles. The van der Waals surface area contributed by atoms with Crippen LogP contribution in [0.4, 0.5) is 5.82 Å². The van der Waals surface area contributed by atoms with Crippen LogP contribution in [0.25, 0.3) is 0 Å². The number of thioether (sulfide) groups is 1. The maximum absolute atomic E-state index is 4.76. The number of hydrogen-bond acceptors (Lipinski definition) is 5. The Balaban J connectivity index is 2.37. The van der Waals surface area contributed by atoms with Gasteiger partial charge in [-0.2, -0.15) is 11.8 Å². The van der Waals surface area contributed by atoms with Crippen molar-refractivity contribution in [1.82, 2.24) is 14.9 Å². The van der Waals surface area contributed by atoms with Crippen molar-refractivity contribution in [3.05, 3.63) is 15.1 Å². The molecular formula is C12H19IN4S. The molecule has 1 N–H and O–H groups in total. The Morgan fingerprint density at radius 1 is 1.50 bits per heavy atom. The molecule has 1 saturated heterocycles. The van der Waals surface area contributed by atoms with Gasteiger partial charge in [-0.15, -0.1) is 0 Å². The van der Waals surface area contributed by atoms with Gasteiger partial charge in [-0.3, -0.25) is 4.90 Å². The van der Waals surface area contributed by atoms with Gasteiger partial charge < -0.3 is 5.32 Å². The fraction of sp³-hybridized carbons (Fsp3) is 0.667. The van der Waals surface area contributed by atoms with Crippen LogP contribution in [0.5, 0.6) is 0 Å². The SMILES string of the molecule is CCc1nc(C2CSCCN2C)nc(NC)c1I. The van der Waals surface area contributed by atoms with Gasteiger partial charge >= 0.3 is 0 Å². The zero-order valence-corrected chi connectivity index (χ0v) is 14.0. The molecule has 2 heterocycles. The highest BCUT2D eigenvalue weighted by molar-refractivity contribution is 14.1. The fourth-order valence-electron chi connectivity index (χ4n) is 2.02. The second kappa shape index (κ2) is 6.38. The summed E-state index contributed by atoms with van der Waals surface area (Å²) in [6, 6.07) is 0.346. The standard InChI is InChI=1S/C12H19IN4S/c1-4-8-10(13)12(14-2)16-11(15-8)9-7-18-6-5-17(9)3/h9H,4-7H2,1-3H3,(H,14,15,16). The molecule has 18 heavy (non-hydrogen) atoms. The highest BCUT2D eigenvalue weighted by Gasteiger charge is 2.25. The normalized spacial score (nSPS) is 21.0. The van der Waals surface area contributed by atoms with Crippen LogP contribution >= 0.6 is 34.4 Å². The third kappa shape index (κ3) is 2.91. The molecule has 0 aromatic carbocycles. The predicted molar refractivity (Wildman–Crippen MR) is 86.4 cm³/mol. The summed E-state index contributed by atoms with van der Waals surface area (Å²) >= 11 is 4.32. The predicted octanol–water partition coefficient (Wildman–Crippen LogP) is 2.41. The lowest BCUT2D eigenvalue weighted by Crippen LogP contribution is -2.34. The first kappa shape index (κ1) is 14.3. The average Bonchev–Trinajstić information content (AvgIpc) is 2.40. The van der Waals surface area contributed by atoms with Crippen LogP contribution in [0.2, 0.25) is 0 Å². The van der Waals surface area contributed by atoms with Gasteiger partial charge in [0.05, 0.1) is 15.3 Å². The Kier molecular flexibility index (Phi) is 5.08. The van der Waals surface area contributed by atoms with Crippen molar-refractivity contribution < 1.29 is 0 Å². The summed E-state index contributed by atoms with van der Waals surface area (Å²) < 4.78 is 1.15. The number of aryl methyl sites for hydroxylation is 1. The number of anilines is 1. The molecule has 6 heteroatoms. The minimum absolute atomic E-state index is 0.346. The van der Waals surface area contributed by atoms with Crippen LogP contribution in [-0.4, -0.2) is 47.0 Å². The second-order valence-electron chi connectivity index (χ2n) is 4.37. The molecule has 4 nitrogen and oxygen atoms in total. The third-order valence-electron chi connectivity index (χ3n) is 3.20. The number of nitrogens with zero attached hydrogens (tertiary/aromatic N) is 3. The Morgan fingerprint density at radius 3 is 2.89 bits per heavy atom. The van der Waals surface area contributed by atoms with E-state index in [0.29, 0.717) is 6.04 Å². The van der Waals surface area contributed by atoms with E-state index in [1.165, 1.54) is 5.75 Å². The first-order chi connectivity index (χ1) is 8.67. The van der Waals surface area contributed by atoms with E-state index in [1.54, 1.807) is 0 Å². The van der Waals surface area contributed by atoms with Gasteiger partial charge in [-0.1, -0.05) is 6.92 Å². The number of hydrogen-bond donors (Lipinski definition) is 1. The largest absolute Gasteiger partial charge is 0.372 e. The zero-order valence-electron chi connectivity index (χ0n) is 11.0. The molecule has 0 aliphatic carbocycles. The maximum atomic E-state index is 4.76. The van der Waals surface area contributed by atoms with Crippen LogP contribution < -0.4 is 5.32 Å². The lowest BCUT2D eigenvalue weighted by Gasteiger charge is -2.31. The van der Waals surface area contributed by atoms with E-state index in [9.17, 15) is 0 Å². The van der Waals surface area contributed by atoms with Crippen LogP contribution in [0.1, 0.15) is 24.5 Å². The van der Waals surface area contributed by atoms with E-state index in [1.807, 2.05) is 18.8 Å². The van der Waals surface area contributed by atoms with E-state index in [0.717, 1.165) is 39.6 Å². The molecule has 2 rings (SSSR count). The van der Waals surface area contributed by atoms with Crippen molar-refractivity contribution in [2.45, 2.75) is 19.4 Å². The maximum Gasteiger partial charge on any atom is 0.149 e. The number of nitrogens with one attached hydrogen (secondary N) is 1. The van der Waals surface area contributed by atoms with Crippen molar-refractivity contribution >= 4 is 40.2 Å². The molecule has 0 spiro atoms. The number of aromatic nitrogens is 2. The molecule has 1 aliphatic heterocycles. The summed E-state index contributed by atoms with van der Waals surface area (Å²) in [5.41, 5.74) is 1.15. The van der Waals surface area contributed by atoms with Crippen LogP contribution in [0.3, 0.4) is 0 Å². The zero-order chi connectivity index (χ0) is 13.1. The topological polar surface area (TPSA) is 41.1 Å². The van der Waals surface area contributed by atoms with E-state index >= 15 is 0 Å². The highest BCUT2D eigenvalue weighted by atomic mass is 127. The van der Waals surface area contributed by atoms with Crippen molar-refractivity contribution in [1.29, 1.82) is 0 Å². The monoisotopic (exact) mass is 378 g/mol. The smallest absolute Gasteiger partial charge is 0.149 e. The van der Waals surface area contributed by atoms with Gasteiger partial charge in [-0.05, 0) is 36.1 Å². The first-order valence-corrected chi connectivity index (χ1v) is 8.42.